The van der Waals surface area contributed by atoms with Gasteiger partial charge in [-0.1, -0.05) is 48.5 Å². The normalized spacial score (nSPS) is 15.6. The average Bonchev–Trinajstić information content (AvgIpc) is 3.32. The molecule has 0 aliphatic carbocycles. The molecule has 1 fully saturated rings. The Kier molecular flexibility index (Phi) is 6.74. The third-order valence-electron chi connectivity index (χ3n) is 5.33. The van der Waals surface area contributed by atoms with Gasteiger partial charge in [-0.2, -0.15) is 0 Å². The lowest BCUT2D eigenvalue weighted by atomic mass is 9.97. The summed E-state index contributed by atoms with van der Waals surface area (Å²) in [5, 5.41) is 9.79. The van der Waals surface area contributed by atoms with Gasteiger partial charge in [0, 0.05) is 24.5 Å². The molecule has 6 nitrogen and oxygen atoms in total. The van der Waals surface area contributed by atoms with Gasteiger partial charge in [-0.25, -0.2) is 0 Å². The number of benzene rings is 2. The largest absolute Gasteiger partial charge is 0.379 e. The molecule has 0 saturated carbocycles. The lowest BCUT2D eigenvalue weighted by Crippen LogP contribution is -2.46. The van der Waals surface area contributed by atoms with E-state index in [2.05, 4.69) is 39.8 Å². The van der Waals surface area contributed by atoms with Crippen LogP contribution in [0.3, 0.4) is 0 Å². The summed E-state index contributed by atoms with van der Waals surface area (Å²) in [7, 11) is 0. The van der Waals surface area contributed by atoms with Gasteiger partial charge >= 0.3 is 11.8 Å². The highest BCUT2D eigenvalue weighted by molar-refractivity contribution is 7.09. The summed E-state index contributed by atoms with van der Waals surface area (Å²) >= 11 is 1.55. The van der Waals surface area contributed by atoms with Crippen molar-refractivity contribution < 1.29 is 14.3 Å². The van der Waals surface area contributed by atoms with Crippen LogP contribution in [0, 0.1) is 0 Å². The van der Waals surface area contributed by atoms with Crippen LogP contribution in [0.5, 0.6) is 0 Å². The van der Waals surface area contributed by atoms with Gasteiger partial charge in [-0.15, -0.1) is 11.3 Å². The van der Waals surface area contributed by atoms with Crippen molar-refractivity contribution in [2.75, 3.05) is 32.8 Å². The van der Waals surface area contributed by atoms with Gasteiger partial charge in [-0.05, 0) is 27.8 Å². The minimum absolute atomic E-state index is 0.0333. The Morgan fingerprint density at radius 2 is 1.73 bits per heavy atom. The third kappa shape index (κ3) is 4.87. The first-order valence-corrected chi connectivity index (χ1v) is 11.0. The average molecular weight is 424 g/mol. The van der Waals surface area contributed by atoms with Gasteiger partial charge < -0.3 is 15.4 Å². The molecule has 30 heavy (non-hydrogen) atoms. The zero-order valence-corrected chi connectivity index (χ0v) is 17.5. The van der Waals surface area contributed by atoms with E-state index in [0.717, 1.165) is 34.3 Å². The summed E-state index contributed by atoms with van der Waals surface area (Å²) in [6, 6.07) is 18.3. The molecule has 0 unspecified atom stereocenters. The maximum absolute atomic E-state index is 12.4. The van der Waals surface area contributed by atoms with Crippen LogP contribution in [0.25, 0.3) is 10.8 Å². The smallest absolute Gasteiger partial charge is 0.309 e. The minimum atomic E-state index is -0.609. The van der Waals surface area contributed by atoms with Crippen LogP contribution in [-0.2, 0) is 20.9 Å². The van der Waals surface area contributed by atoms with Crippen molar-refractivity contribution in [2.45, 2.75) is 12.6 Å². The molecule has 4 rings (SSSR count). The van der Waals surface area contributed by atoms with Crippen molar-refractivity contribution in [3.8, 4) is 0 Å². The zero-order valence-electron chi connectivity index (χ0n) is 16.7. The second-order valence-electron chi connectivity index (χ2n) is 7.20. The minimum Gasteiger partial charge on any atom is -0.379 e. The molecule has 0 radical (unpaired) electrons. The maximum Gasteiger partial charge on any atom is 0.309 e. The molecule has 3 aromatic rings. The van der Waals surface area contributed by atoms with Crippen LogP contribution in [0.2, 0.25) is 0 Å². The first-order valence-electron chi connectivity index (χ1n) is 10.1. The van der Waals surface area contributed by atoms with Crippen LogP contribution in [0.15, 0.2) is 60.0 Å². The number of nitrogens with zero attached hydrogens (tertiary/aromatic N) is 1. The molecular weight excluding hydrogens is 398 g/mol. The zero-order chi connectivity index (χ0) is 20.8. The topological polar surface area (TPSA) is 70.7 Å². The second kappa shape index (κ2) is 9.84. The highest BCUT2D eigenvalue weighted by Crippen LogP contribution is 2.28. The summed E-state index contributed by atoms with van der Waals surface area (Å²) in [5.41, 5.74) is 1.15. The number of amides is 2. The van der Waals surface area contributed by atoms with E-state index in [1.54, 1.807) is 11.3 Å². The Bertz CT molecular complexity index is 995. The highest BCUT2D eigenvalue weighted by Gasteiger charge is 2.25. The molecule has 1 aliphatic heterocycles. The van der Waals surface area contributed by atoms with E-state index < -0.39 is 11.8 Å². The second-order valence-corrected chi connectivity index (χ2v) is 8.24. The lowest BCUT2D eigenvalue weighted by Gasteiger charge is -2.35. The van der Waals surface area contributed by atoms with E-state index in [4.69, 9.17) is 4.74 Å². The van der Waals surface area contributed by atoms with E-state index >= 15 is 0 Å². The molecular formula is C23H25N3O3S. The molecule has 1 atom stereocenters. The van der Waals surface area contributed by atoms with Gasteiger partial charge in [-0.3, -0.25) is 14.5 Å². The van der Waals surface area contributed by atoms with Crippen LogP contribution in [0.1, 0.15) is 16.5 Å². The number of carbonyl (C=O) groups is 2. The number of morpholine rings is 1. The fourth-order valence-corrected chi connectivity index (χ4v) is 4.44. The van der Waals surface area contributed by atoms with Gasteiger partial charge in [0.25, 0.3) is 0 Å². The Morgan fingerprint density at radius 3 is 2.53 bits per heavy atom. The fourth-order valence-electron chi connectivity index (χ4n) is 3.80. The van der Waals surface area contributed by atoms with Crippen LogP contribution in [-0.4, -0.2) is 49.6 Å². The summed E-state index contributed by atoms with van der Waals surface area (Å²) in [4.78, 5) is 28.0. The molecule has 156 valence electrons. The monoisotopic (exact) mass is 423 g/mol. The molecule has 2 N–H and O–H groups in total. The number of hydrogen-bond donors (Lipinski definition) is 2. The first-order chi connectivity index (χ1) is 14.7. The number of carbonyl (C=O) groups excluding carboxylic acids is 2. The van der Waals surface area contributed by atoms with Gasteiger partial charge in [0.15, 0.2) is 0 Å². The van der Waals surface area contributed by atoms with Crippen molar-refractivity contribution >= 4 is 33.9 Å². The Morgan fingerprint density at radius 1 is 0.967 bits per heavy atom. The van der Waals surface area contributed by atoms with Crippen LogP contribution in [0.4, 0.5) is 0 Å². The molecule has 0 bridgehead atoms. The van der Waals surface area contributed by atoms with Crippen molar-refractivity contribution in [1.29, 1.82) is 0 Å². The highest BCUT2D eigenvalue weighted by atomic mass is 32.1. The van der Waals surface area contributed by atoms with Crippen LogP contribution < -0.4 is 10.6 Å². The molecule has 1 aliphatic rings. The van der Waals surface area contributed by atoms with Gasteiger partial charge in [0.05, 0.1) is 25.8 Å². The van der Waals surface area contributed by atoms with Gasteiger partial charge in [0.2, 0.25) is 0 Å². The van der Waals surface area contributed by atoms with Gasteiger partial charge in [0.1, 0.15) is 0 Å². The summed E-state index contributed by atoms with van der Waals surface area (Å²) in [6.45, 7) is 3.62. The van der Waals surface area contributed by atoms with E-state index in [0.29, 0.717) is 26.3 Å². The molecule has 2 amide bonds. The van der Waals surface area contributed by atoms with Crippen molar-refractivity contribution in [3.05, 3.63) is 70.4 Å². The van der Waals surface area contributed by atoms with E-state index in [1.165, 1.54) is 0 Å². The van der Waals surface area contributed by atoms with Crippen molar-refractivity contribution in [3.63, 3.8) is 0 Å². The predicted octanol–water partition coefficient (Wildman–Crippen LogP) is 2.71. The molecule has 0 spiro atoms. The Labute approximate surface area is 179 Å². The molecule has 2 aromatic carbocycles. The molecule has 7 heteroatoms. The SMILES string of the molecule is O=C(NCc1cccs1)C(=O)NC[C@@H](c1cccc2ccccc12)N1CCOCC1. The van der Waals surface area contributed by atoms with Crippen molar-refractivity contribution in [1.82, 2.24) is 15.5 Å². The number of fused-ring (bicyclic) bond motifs is 1. The number of nitrogens with one attached hydrogen (secondary N) is 2. The first kappa shape index (κ1) is 20.5. The maximum atomic E-state index is 12.4. The molecule has 1 aromatic heterocycles. The Balaban J connectivity index is 1.47. The molecule has 2 heterocycles. The summed E-state index contributed by atoms with van der Waals surface area (Å²) in [6.07, 6.45) is 0. The van der Waals surface area contributed by atoms with E-state index in [-0.39, 0.29) is 6.04 Å². The van der Waals surface area contributed by atoms with Crippen LogP contribution >= 0.6 is 11.3 Å². The lowest BCUT2D eigenvalue weighted by molar-refractivity contribution is -0.139. The standard InChI is InChI=1S/C23H25N3O3S/c27-22(24-15-18-7-4-14-30-18)23(28)25-16-21(26-10-12-29-13-11-26)20-9-3-6-17-5-1-2-8-19(17)20/h1-9,14,21H,10-13,15-16H2,(H,24,27)(H,25,28)/t21-/m0/s1. The van der Waals surface area contributed by atoms with E-state index in [1.807, 2.05) is 35.7 Å². The molecule has 1 saturated heterocycles. The number of rotatable bonds is 6. The third-order valence-corrected chi connectivity index (χ3v) is 6.21. The predicted molar refractivity (Wildman–Crippen MR) is 118 cm³/mol. The number of hydrogen-bond acceptors (Lipinski definition) is 5. The summed E-state index contributed by atoms with van der Waals surface area (Å²) in [5.74, 6) is -1.22. The van der Waals surface area contributed by atoms with Crippen molar-refractivity contribution in [2.24, 2.45) is 0 Å². The quantitative estimate of drug-likeness (QED) is 0.598. The number of ether oxygens (including phenoxy) is 1. The number of thiophene rings is 1. The Hall–Kier alpha value is -2.74. The summed E-state index contributed by atoms with van der Waals surface area (Å²) < 4.78 is 5.51. The fraction of sp³-hybridized carbons (Fsp3) is 0.304. The van der Waals surface area contributed by atoms with E-state index in [9.17, 15) is 9.59 Å².